The molecule has 3 heterocycles. The van der Waals surface area contributed by atoms with Gasteiger partial charge in [0, 0.05) is 12.0 Å². The van der Waals surface area contributed by atoms with Gasteiger partial charge in [0.05, 0.1) is 41.8 Å². The molecule has 2 aromatic heterocycles. The van der Waals surface area contributed by atoms with Crippen LogP contribution in [-0.4, -0.2) is 85.1 Å². The number of esters is 3. The van der Waals surface area contributed by atoms with E-state index in [0.717, 1.165) is 27.1 Å². The lowest BCUT2D eigenvalue weighted by Gasteiger charge is -2.43. The Labute approximate surface area is 498 Å². The van der Waals surface area contributed by atoms with Crippen LogP contribution in [0, 0.1) is 0 Å². The van der Waals surface area contributed by atoms with E-state index in [-0.39, 0.29) is 51.3 Å². The first-order valence-electron chi connectivity index (χ1n) is 29.0. The average molecular weight is 1180 g/mol. The smallest absolute Gasteiger partial charge is 0.338 e. The number of aromatic nitrogens is 4. The molecule has 1 saturated heterocycles. The maximum absolute atomic E-state index is 14.9. The van der Waals surface area contributed by atoms with Gasteiger partial charge in [-0.1, -0.05) is 175 Å². The van der Waals surface area contributed by atoms with Crippen LogP contribution in [0.1, 0.15) is 114 Å². The van der Waals surface area contributed by atoms with Crippen molar-refractivity contribution in [3.63, 3.8) is 0 Å². The van der Waals surface area contributed by atoms with E-state index < -0.39 is 71.2 Å². The Hall–Kier alpha value is -8.07. The molecule has 15 nitrogen and oxygen atoms in total. The van der Waals surface area contributed by atoms with Gasteiger partial charge in [-0.25, -0.2) is 19.4 Å². The van der Waals surface area contributed by atoms with Crippen LogP contribution in [0.15, 0.2) is 176 Å². The van der Waals surface area contributed by atoms with Gasteiger partial charge in [-0.3, -0.25) is 4.57 Å². The fourth-order valence-corrected chi connectivity index (χ4v) is 13.0. The number of imidazole rings is 1. The first-order chi connectivity index (χ1) is 40.6. The third kappa shape index (κ3) is 12.3. The molecule has 1 aliphatic heterocycles. The standard InChI is InChI=1S/C68H73N5O10Si2/c1-67(2,3)84(7,8)78-41-52-51(83-85(9,10)68(4,5)6)39-53(79-52)73-42-69-57-61(73)71-66(72-62(57)77-40-43-25-15-11-16-26-43)70-56-55-50(38-37-45-36-35-44-27-23-24-34-49(44)54(45)55)58(80-63(74)46-28-17-12-18-29-46)60(82-65(76)48-32-21-14-22-33-48)59(56)81-64(75)47-30-19-13-20-31-47/h11-38,42,51-53,56,58-60H,39-41H2,1-10H3,(H,70,71,72)/t51-,52+,53+,56?,58-,59?,60+/m0/s1. The Bertz CT molecular complexity index is 3870. The van der Waals surface area contributed by atoms with Crippen molar-refractivity contribution in [1.29, 1.82) is 0 Å². The van der Waals surface area contributed by atoms with E-state index in [9.17, 15) is 14.4 Å². The summed E-state index contributed by atoms with van der Waals surface area (Å²) >= 11 is 0. The number of benzene rings is 7. The SMILES string of the molecule is CC(C)(C)[Si](C)(C)OC[C@H]1O[C@@H](n2cnc3c(OCc4ccccc4)nc(NC4c5c(ccc6ccc7ccccc7c56)[C@H](OC(=O)c5ccccc5)[C@@H](OC(=O)c5ccccc5)C4OC(=O)c4ccccc4)nc32)C[C@@H]1O[Si](C)(C)C(C)(C)C. The maximum atomic E-state index is 14.9. The van der Waals surface area contributed by atoms with Crippen molar-refractivity contribution < 1.29 is 46.9 Å². The molecule has 0 radical (unpaired) electrons. The molecule has 1 N–H and O–H groups in total. The van der Waals surface area contributed by atoms with E-state index in [1.807, 2.05) is 83.4 Å². The molecule has 0 saturated carbocycles. The zero-order valence-electron chi connectivity index (χ0n) is 49.8. The fraction of sp³-hybridized carbons (Fsp3) is 0.324. The van der Waals surface area contributed by atoms with Crippen molar-refractivity contribution in [2.24, 2.45) is 0 Å². The lowest BCUT2D eigenvalue weighted by molar-refractivity contribution is -0.101. The molecule has 2 unspecified atom stereocenters. The Kier molecular flexibility index (Phi) is 16.4. The number of carbonyl (C=O) groups excluding carboxylic acids is 3. The van der Waals surface area contributed by atoms with E-state index in [4.69, 9.17) is 47.5 Å². The number of anilines is 1. The highest BCUT2D eigenvalue weighted by Crippen LogP contribution is 2.49. The molecule has 0 amide bonds. The van der Waals surface area contributed by atoms with Crippen LogP contribution in [0.3, 0.4) is 0 Å². The first-order valence-corrected chi connectivity index (χ1v) is 34.8. The Morgan fingerprint density at radius 1 is 0.624 bits per heavy atom. The molecule has 2 aliphatic rings. The highest BCUT2D eigenvalue weighted by Gasteiger charge is 2.52. The second-order valence-corrected chi connectivity index (χ2v) is 34.6. The number of ether oxygens (including phenoxy) is 5. The van der Waals surface area contributed by atoms with Gasteiger partial charge in [0.1, 0.15) is 18.9 Å². The Balaban J connectivity index is 1.10. The molecule has 85 heavy (non-hydrogen) atoms. The molecular formula is C68H73N5O10Si2. The Morgan fingerprint density at radius 3 is 1.78 bits per heavy atom. The van der Waals surface area contributed by atoms with Gasteiger partial charge in [0.2, 0.25) is 11.8 Å². The van der Waals surface area contributed by atoms with Gasteiger partial charge in [0.15, 0.2) is 46.1 Å². The number of hydrogen-bond donors (Lipinski definition) is 1. The van der Waals surface area contributed by atoms with Crippen molar-refractivity contribution in [1.82, 2.24) is 19.5 Å². The van der Waals surface area contributed by atoms with Crippen molar-refractivity contribution >= 4 is 73.2 Å². The van der Waals surface area contributed by atoms with Gasteiger partial charge >= 0.3 is 17.9 Å². The number of rotatable bonds is 17. The summed E-state index contributed by atoms with van der Waals surface area (Å²) in [4.78, 5) is 59.6. The minimum Gasteiger partial charge on any atom is -0.471 e. The number of nitrogens with one attached hydrogen (secondary N) is 1. The monoisotopic (exact) mass is 1180 g/mol. The van der Waals surface area contributed by atoms with Crippen LogP contribution in [0.4, 0.5) is 5.95 Å². The third-order valence-corrected chi connectivity index (χ3v) is 26.4. The van der Waals surface area contributed by atoms with Crippen LogP contribution >= 0.6 is 0 Å². The Morgan fingerprint density at radius 2 is 1.16 bits per heavy atom. The molecule has 0 spiro atoms. The zero-order valence-corrected chi connectivity index (χ0v) is 51.8. The van der Waals surface area contributed by atoms with Crippen LogP contribution < -0.4 is 10.1 Å². The summed E-state index contributed by atoms with van der Waals surface area (Å²) in [5.41, 5.74) is 3.48. The van der Waals surface area contributed by atoms with Gasteiger partial charge in [0.25, 0.3) is 0 Å². The topological polar surface area (TPSA) is 171 Å². The summed E-state index contributed by atoms with van der Waals surface area (Å²) in [6, 6.07) is 50.2. The van der Waals surface area contributed by atoms with Gasteiger partial charge in [-0.2, -0.15) is 9.97 Å². The fourth-order valence-electron chi connectivity index (χ4n) is 10.6. The largest absolute Gasteiger partial charge is 0.471 e. The van der Waals surface area contributed by atoms with Gasteiger partial charge < -0.3 is 37.9 Å². The molecule has 438 valence electrons. The van der Waals surface area contributed by atoms with Gasteiger partial charge in [-0.15, -0.1) is 0 Å². The van der Waals surface area contributed by atoms with Crippen LogP contribution in [0.2, 0.25) is 36.3 Å². The normalized spacial score (nSPS) is 20.0. The number of nitrogens with zero attached hydrogens (tertiary/aromatic N) is 4. The molecule has 9 aromatic rings. The van der Waals surface area contributed by atoms with E-state index in [1.54, 1.807) is 97.3 Å². The molecule has 17 heteroatoms. The molecule has 0 bridgehead atoms. The average Bonchev–Trinajstić information content (AvgIpc) is 1.17. The molecule has 1 aliphatic carbocycles. The van der Waals surface area contributed by atoms with Crippen molar-refractivity contribution in [2.45, 2.75) is 134 Å². The second-order valence-electron chi connectivity index (χ2n) is 25.0. The summed E-state index contributed by atoms with van der Waals surface area (Å²) in [6.45, 7) is 22.8. The lowest BCUT2D eigenvalue weighted by Crippen LogP contribution is -2.50. The molecule has 1 fully saturated rings. The van der Waals surface area contributed by atoms with Crippen molar-refractivity contribution in [3.05, 3.63) is 210 Å². The summed E-state index contributed by atoms with van der Waals surface area (Å²) in [6.07, 6.45) is -3.43. The van der Waals surface area contributed by atoms with E-state index in [1.165, 1.54) is 0 Å². The summed E-state index contributed by atoms with van der Waals surface area (Å²) in [5.74, 6) is -1.92. The number of hydrogen-bond acceptors (Lipinski definition) is 14. The minimum atomic E-state index is -2.35. The first kappa shape index (κ1) is 58.7. The lowest BCUT2D eigenvalue weighted by atomic mass is 9.77. The summed E-state index contributed by atoms with van der Waals surface area (Å²) in [5, 5.41) is 6.96. The summed E-state index contributed by atoms with van der Waals surface area (Å²) < 4.78 is 49.9. The number of fused-ring (bicyclic) bond motifs is 6. The zero-order chi connectivity index (χ0) is 59.8. The van der Waals surface area contributed by atoms with E-state index in [0.29, 0.717) is 35.3 Å². The predicted molar refractivity (Wildman–Crippen MR) is 334 cm³/mol. The summed E-state index contributed by atoms with van der Waals surface area (Å²) in [7, 11) is -4.58. The van der Waals surface area contributed by atoms with Gasteiger partial charge in [-0.05, 0) is 105 Å². The van der Waals surface area contributed by atoms with Crippen molar-refractivity contribution in [2.75, 3.05) is 11.9 Å². The highest BCUT2D eigenvalue weighted by atomic mass is 28.4. The van der Waals surface area contributed by atoms with E-state index in [2.05, 4.69) is 73.0 Å². The molecular weight excluding hydrogens is 1100 g/mol. The second kappa shape index (κ2) is 23.8. The third-order valence-electron chi connectivity index (χ3n) is 17.4. The molecule has 7 aromatic carbocycles. The van der Waals surface area contributed by atoms with Crippen LogP contribution in [0.5, 0.6) is 5.88 Å². The number of carbonyl (C=O) groups is 3. The van der Waals surface area contributed by atoms with Crippen molar-refractivity contribution in [3.8, 4) is 5.88 Å². The van der Waals surface area contributed by atoms with E-state index >= 15 is 0 Å². The highest BCUT2D eigenvalue weighted by molar-refractivity contribution is 6.74. The van der Waals surface area contributed by atoms with Crippen LogP contribution in [0.25, 0.3) is 32.7 Å². The van der Waals surface area contributed by atoms with Crippen LogP contribution in [-0.2, 0) is 34.4 Å². The predicted octanol–water partition coefficient (Wildman–Crippen LogP) is 14.9. The quantitative estimate of drug-likeness (QED) is 0.0395. The molecule has 11 rings (SSSR count). The maximum Gasteiger partial charge on any atom is 0.338 e. The minimum absolute atomic E-state index is 0.0357. The molecule has 7 atom stereocenters.